The van der Waals surface area contributed by atoms with Crippen LogP contribution in [-0.2, 0) is 16.0 Å². The first kappa shape index (κ1) is 23.1. The molecule has 4 aromatic rings. The summed E-state index contributed by atoms with van der Waals surface area (Å²) < 4.78 is 10.6. The van der Waals surface area contributed by atoms with Gasteiger partial charge < -0.3 is 14.6 Å². The van der Waals surface area contributed by atoms with Gasteiger partial charge >= 0.3 is 5.97 Å². The molecule has 0 aliphatic heterocycles. The van der Waals surface area contributed by atoms with E-state index >= 15 is 0 Å². The van der Waals surface area contributed by atoms with Gasteiger partial charge in [-0.3, -0.25) is 14.9 Å². The fraction of sp³-hybridized carbons (Fsp3) is 0.208. The molecule has 2 aromatic carbocycles. The van der Waals surface area contributed by atoms with Gasteiger partial charge in [0.2, 0.25) is 5.91 Å². The quantitative estimate of drug-likeness (QED) is 0.213. The first-order valence-corrected chi connectivity index (χ1v) is 11.3. The molecule has 9 nitrogen and oxygen atoms in total. The minimum atomic E-state index is -0.626. The Balaban J connectivity index is 1.65. The van der Waals surface area contributed by atoms with Crippen LogP contribution in [0.4, 0.5) is 10.7 Å². The van der Waals surface area contributed by atoms with Crippen molar-refractivity contribution in [2.45, 2.75) is 27.2 Å². The van der Waals surface area contributed by atoms with Gasteiger partial charge in [0.05, 0.1) is 18.0 Å². The molecule has 1 amide bonds. The van der Waals surface area contributed by atoms with Gasteiger partial charge in [-0.15, -0.1) is 11.3 Å². The minimum absolute atomic E-state index is 0.0538. The van der Waals surface area contributed by atoms with Crippen molar-refractivity contribution in [2.75, 3.05) is 11.9 Å². The van der Waals surface area contributed by atoms with E-state index in [1.807, 2.05) is 26.0 Å². The van der Waals surface area contributed by atoms with Crippen molar-refractivity contribution in [3.05, 3.63) is 74.3 Å². The van der Waals surface area contributed by atoms with Crippen LogP contribution < -0.4 is 5.32 Å². The summed E-state index contributed by atoms with van der Waals surface area (Å²) in [6.45, 7) is 5.75. The summed E-state index contributed by atoms with van der Waals surface area (Å²) in [4.78, 5) is 36.3. The minimum Gasteiger partial charge on any atom is -0.462 e. The Kier molecular flexibility index (Phi) is 6.42. The zero-order chi connectivity index (χ0) is 24.4. The standard InChI is InChI=1S/C24H21N3O6S/c1-4-32-24(29)22-18(15-6-5-7-16(10-15)27(30)31)12-34-23(22)25-21(28)11-19-17-8-13(2)14(3)9-20(17)33-26-19/h5-10,12H,4,11H2,1-3H3,(H,25,28). The molecule has 0 radical (unpaired) electrons. The molecule has 0 saturated heterocycles. The molecule has 0 saturated carbocycles. The third-order valence-corrected chi connectivity index (χ3v) is 6.28. The van der Waals surface area contributed by atoms with Gasteiger partial charge in [0.1, 0.15) is 16.3 Å². The van der Waals surface area contributed by atoms with E-state index in [4.69, 9.17) is 9.26 Å². The number of fused-ring (bicyclic) bond motifs is 1. The molecule has 2 heterocycles. The van der Waals surface area contributed by atoms with E-state index < -0.39 is 10.9 Å². The van der Waals surface area contributed by atoms with E-state index in [-0.39, 0.29) is 30.2 Å². The fourth-order valence-electron chi connectivity index (χ4n) is 3.55. The number of nitro groups is 1. The van der Waals surface area contributed by atoms with Crippen LogP contribution >= 0.6 is 11.3 Å². The number of esters is 1. The van der Waals surface area contributed by atoms with Gasteiger partial charge in [-0.2, -0.15) is 0 Å². The average molecular weight is 480 g/mol. The zero-order valence-electron chi connectivity index (χ0n) is 18.7. The van der Waals surface area contributed by atoms with Gasteiger partial charge in [0, 0.05) is 28.5 Å². The normalized spacial score (nSPS) is 10.9. The van der Waals surface area contributed by atoms with Crippen molar-refractivity contribution >= 4 is 44.9 Å². The maximum Gasteiger partial charge on any atom is 0.341 e. The predicted octanol–water partition coefficient (Wildman–Crippen LogP) is 5.44. The van der Waals surface area contributed by atoms with Crippen LogP contribution in [0, 0.1) is 24.0 Å². The molecule has 1 N–H and O–H groups in total. The van der Waals surface area contributed by atoms with E-state index in [2.05, 4.69) is 10.5 Å². The summed E-state index contributed by atoms with van der Waals surface area (Å²) in [6.07, 6.45) is -0.0538. The van der Waals surface area contributed by atoms with Crippen molar-refractivity contribution in [1.29, 1.82) is 0 Å². The van der Waals surface area contributed by atoms with Crippen LogP contribution in [0.15, 0.2) is 46.3 Å². The number of ether oxygens (including phenoxy) is 1. The Morgan fingerprint density at radius 1 is 1.21 bits per heavy atom. The third-order valence-electron chi connectivity index (χ3n) is 5.38. The number of nitrogens with zero attached hydrogens (tertiary/aromatic N) is 2. The number of rotatable bonds is 7. The molecule has 0 spiro atoms. The van der Waals surface area contributed by atoms with Crippen LogP contribution in [-0.4, -0.2) is 28.6 Å². The Labute approximate surface area is 198 Å². The molecule has 10 heteroatoms. The number of benzene rings is 2. The number of nitro benzene ring substituents is 1. The summed E-state index contributed by atoms with van der Waals surface area (Å²) in [5.41, 5.74) is 4.17. The van der Waals surface area contributed by atoms with Gasteiger partial charge in [-0.05, 0) is 49.6 Å². The molecule has 4 rings (SSSR count). The molecule has 0 unspecified atom stereocenters. The largest absolute Gasteiger partial charge is 0.462 e. The number of nitrogens with one attached hydrogen (secondary N) is 1. The highest BCUT2D eigenvalue weighted by Crippen LogP contribution is 2.37. The lowest BCUT2D eigenvalue weighted by Crippen LogP contribution is -2.17. The molecule has 0 bridgehead atoms. The molecule has 0 aliphatic rings. The monoisotopic (exact) mass is 479 g/mol. The van der Waals surface area contributed by atoms with Crippen LogP contribution in [0.5, 0.6) is 0 Å². The SMILES string of the molecule is CCOC(=O)c1c(-c2cccc([N+](=O)[O-])c2)csc1NC(=O)Cc1noc2cc(C)c(C)cc12. The maximum atomic E-state index is 12.9. The number of anilines is 1. The van der Waals surface area contributed by atoms with Crippen molar-refractivity contribution in [3.8, 4) is 11.1 Å². The Morgan fingerprint density at radius 3 is 2.71 bits per heavy atom. The Hall–Kier alpha value is -4.05. The first-order chi connectivity index (χ1) is 16.3. The predicted molar refractivity (Wildman–Crippen MR) is 128 cm³/mol. The second-order valence-corrected chi connectivity index (χ2v) is 8.55. The topological polar surface area (TPSA) is 125 Å². The Morgan fingerprint density at radius 2 is 1.97 bits per heavy atom. The third kappa shape index (κ3) is 4.53. The highest BCUT2D eigenvalue weighted by atomic mass is 32.1. The average Bonchev–Trinajstić information content (AvgIpc) is 3.38. The van der Waals surface area contributed by atoms with Crippen LogP contribution in [0.25, 0.3) is 22.1 Å². The molecule has 0 fully saturated rings. The van der Waals surface area contributed by atoms with Crippen molar-refractivity contribution in [3.63, 3.8) is 0 Å². The highest BCUT2D eigenvalue weighted by Gasteiger charge is 2.24. The molecule has 2 aromatic heterocycles. The number of hydrogen-bond donors (Lipinski definition) is 1. The smallest absolute Gasteiger partial charge is 0.341 e. The molecule has 0 atom stereocenters. The van der Waals surface area contributed by atoms with Crippen molar-refractivity contribution in [2.24, 2.45) is 0 Å². The van der Waals surface area contributed by atoms with E-state index in [0.29, 0.717) is 27.4 Å². The van der Waals surface area contributed by atoms with Gasteiger partial charge in [-0.1, -0.05) is 17.3 Å². The first-order valence-electron chi connectivity index (χ1n) is 10.5. The molecule has 34 heavy (non-hydrogen) atoms. The number of carbonyl (C=O) groups is 2. The lowest BCUT2D eigenvalue weighted by atomic mass is 10.0. The molecule has 174 valence electrons. The zero-order valence-corrected chi connectivity index (χ0v) is 19.5. The second kappa shape index (κ2) is 9.44. The lowest BCUT2D eigenvalue weighted by Gasteiger charge is -2.08. The van der Waals surface area contributed by atoms with E-state index in [9.17, 15) is 19.7 Å². The number of non-ortho nitro benzene ring substituents is 1. The summed E-state index contributed by atoms with van der Waals surface area (Å²) in [6, 6.07) is 9.76. The van der Waals surface area contributed by atoms with Crippen LogP contribution in [0.1, 0.15) is 34.1 Å². The number of thiophene rings is 1. The fourth-order valence-corrected chi connectivity index (χ4v) is 4.52. The number of aromatic nitrogens is 1. The van der Waals surface area contributed by atoms with Crippen LogP contribution in [0.2, 0.25) is 0 Å². The number of amides is 1. The maximum absolute atomic E-state index is 12.9. The molecular formula is C24H21N3O6S. The number of aryl methyl sites for hydroxylation is 2. The highest BCUT2D eigenvalue weighted by molar-refractivity contribution is 7.15. The van der Waals surface area contributed by atoms with Gasteiger partial charge in [0.15, 0.2) is 5.58 Å². The second-order valence-electron chi connectivity index (χ2n) is 7.67. The molecule has 0 aliphatic carbocycles. The lowest BCUT2D eigenvalue weighted by molar-refractivity contribution is -0.384. The van der Waals surface area contributed by atoms with Gasteiger partial charge in [-0.25, -0.2) is 4.79 Å². The van der Waals surface area contributed by atoms with E-state index in [1.54, 1.807) is 18.4 Å². The summed E-state index contributed by atoms with van der Waals surface area (Å²) in [7, 11) is 0. The van der Waals surface area contributed by atoms with Crippen molar-refractivity contribution < 1.29 is 23.8 Å². The van der Waals surface area contributed by atoms with E-state index in [0.717, 1.165) is 27.8 Å². The van der Waals surface area contributed by atoms with Gasteiger partial charge in [0.25, 0.3) is 5.69 Å². The summed E-state index contributed by atoms with van der Waals surface area (Å²) in [5, 5.41) is 20.7. The number of hydrogen-bond acceptors (Lipinski definition) is 8. The Bertz CT molecular complexity index is 1420. The number of carbonyl (C=O) groups excluding carboxylic acids is 2. The van der Waals surface area contributed by atoms with E-state index in [1.165, 1.54) is 18.2 Å². The molecular weight excluding hydrogens is 458 g/mol. The van der Waals surface area contributed by atoms with Crippen molar-refractivity contribution in [1.82, 2.24) is 5.16 Å². The van der Waals surface area contributed by atoms with Crippen LogP contribution in [0.3, 0.4) is 0 Å². The summed E-state index contributed by atoms with van der Waals surface area (Å²) >= 11 is 1.14. The summed E-state index contributed by atoms with van der Waals surface area (Å²) in [5.74, 6) is -1.01.